The van der Waals surface area contributed by atoms with Gasteiger partial charge in [-0.1, -0.05) is 0 Å². The Labute approximate surface area is 54.9 Å². The van der Waals surface area contributed by atoms with Gasteiger partial charge in [-0.05, 0) is 6.42 Å². The lowest BCUT2D eigenvalue weighted by atomic mass is 10.3. The van der Waals surface area contributed by atoms with Gasteiger partial charge in [0, 0.05) is 7.11 Å². The standard InChI is InChI=1S/C6H11O3/c1-7-4-6-2-3-8-5-9-6/h5-6H,2-4H2,1H3. The molecule has 0 amide bonds. The average molecular weight is 131 g/mol. The Hall–Kier alpha value is -0.120. The van der Waals surface area contributed by atoms with Crippen LogP contribution < -0.4 is 0 Å². The number of rotatable bonds is 2. The third kappa shape index (κ3) is 2.30. The second-order valence-electron chi connectivity index (χ2n) is 1.97. The van der Waals surface area contributed by atoms with Crippen LogP contribution in [0.4, 0.5) is 0 Å². The van der Waals surface area contributed by atoms with Crippen molar-refractivity contribution in [1.29, 1.82) is 0 Å². The van der Waals surface area contributed by atoms with Gasteiger partial charge in [0.15, 0.2) is 0 Å². The van der Waals surface area contributed by atoms with E-state index < -0.39 is 0 Å². The number of hydrogen-bond donors (Lipinski definition) is 0. The second-order valence-corrected chi connectivity index (χ2v) is 1.97. The van der Waals surface area contributed by atoms with Gasteiger partial charge in [0.05, 0.1) is 19.3 Å². The summed E-state index contributed by atoms with van der Waals surface area (Å²) in [5.41, 5.74) is 0. The smallest absolute Gasteiger partial charge is 0.209 e. The molecule has 0 aromatic carbocycles. The predicted molar refractivity (Wildman–Crippen MR) is 31.6 cm³/mol. The van der Waals surface area contributed by atoms with Crippen LogP contribution in [0.3, 0.4) is 0 Å². The zero-order valence-corrected chi connectivity index (χ0v) is 5.50. The fourth-order valence-corrected chi connectivity index (χ4v) is 0.742. The summed E-state index contributed by atoms with van der Waals surface area (Å²) in [4.78, 5) is 0. The Kier molecular flexibility index (Phi) is 2.97. The Bertz CT molecular complexity index is 65.9. The second kappa shape index (κ2) is 3.82. The van der Waals surface area contributed by atoms with Gasteiger partial charge >= 0.3 is 0 Å². The minimum Gasteiger partial charge on any atom is -0.382 e. The molecule has 3 nitrogen and oxygen atoms in total. The molecule has 0 bridgehead atoms. The maximum absolute atomic E-state index is 5.05. The van der Waals surface area contributed by atoms with Gasteiger partial charge in [0.1, 0.15) is 0 Å². The molecule has 0 aliphatic carbocycles. The molecule has 1 atom stereocenters. The van der Waals surface area contributed by atoms with E-state index in [1.807, 2.05) is 0 Å². The van der Waals surface area contributed by atoms with Crippen molar-refractivity contribution in [3.8, 4) is 0 Å². The van der Waals surface area contributed by atoms with Crippen molar-refractivity contribution in [1.82, 2.24) is 0 Å². The minimum absolute atomic E-state index is 0.198. The minimum atomic E-state index is 0.198. The fourth-order valence-electron chi connectivity index (χ4n) is 0.742. The largest absolute Gasteiger partial charge is 0.382 e. The van der Waals surface area contributed by atoms with E-state index in [-0.39, 0.29) is 6.10 Å². The van der Waals surface area contributed by atoms with Crippen molar-refractivity contribution in [3.63, 3.8) is 0 Å². The van der Waals surface area contributed by atoms with Crippen LogP contribution >= 0.6 is 0 Å². The molecular formula is C6H11O3. The first-order valence-electron chi connectivity index (χ1n) is 3.01. The van der Waals surface area contributed by atoms with Crippen LogP contribution in [0.2, 0.25) is 0 Å². The summed E-state index contributed by atoms with van der Waals surface area (Å²) in [5.74, 6) is 0. The first kappa shape index (κ1) is 6.99. The molecule has 3 heteroatoms. The summed E-state index contributed by atoms with van der Waals surface area (Å²) in [6, 6.07) is 0. The summed E-state index contributed by atoms with van der Waals surface area (Å²) in [6.45, 7) is 2.78. The lowest BCUT2D eigenvalue weighted by Crippen LogP contribution is -2.24. The molecule has 1 unspecified atom stereocenters. The summed E-state index contributed by atoms with van der Waals surface area (Å²) < 4.78 is 14.8. The molecule has 0 aromatic heterocycles. The van der Waals surface area contributed by atoms with Crippen molar-refractivity contribution in [2.24, 2.45) is 0 Å². The van der Waals surface area contributed by atoms with Gasteiger partial charge in [-0.15, -0.1) is 0 Å². The van der Waals surface area contributed by atoms with Crippen LogP contribution in [-0.4, -0.2) is 26.4 Å². The van der Waals surface area contributed by atoms with Crippen molar-refractivity contribution >= 4 is 0 Å². The first-order valence-corrected chi connectivity index (χ1v) is 3.01. The highest BCUT2D eigenvalue weighted by molar-refractivity contribution is 4.60. The van der Waals surface area contributed by atoms with Crippen LogP contribution in [0.5, 0.6) is 0 Å². The fraction of sp³-hybridized carbons (Fsp3) is 0.833. The number of methoxy groups -OCH3 is 1. The molecule has 53 valence electrons. The SMILES string of the molecule is COCC1CCO[CH]O1. The summed E-state index contributed by atoms with van der Waals surface area (Å²) in [7, 11) is 1.67. The van der Waals surface area contributed by atoms with Crippen LogP contribution in [0.1, 0.15) is 6.42 Å². The summed E-state index contributed by atoms with van der Waals surface area (Å²) in [6.07, 6.45) is 1.12. The Morgan fingerprint density at radius 1 is 1.78 bits per heavy atom. The van der Waals surface area contributed by atoms with E-state index in [2.05, 4.69) is 0 Å². The van der Waals surface area contributed by atoms with Gasteiger partial charge in [-0.2, -0.15) is 0 Å². The quantitative estimate of drug-likeness (QED) is 0.548. The van der Waals surface area contributed by atoms with Crippen LogP contribution in [-0.2, 0) is 14.2 Å². The van der Waals surface area contributed by atoms with Gasteiger partial charge in [-0.25, -0.2) is 0 Å². The molecule has 1 rings (SSSR count). The topological polar surface area (TPSA) is 27.7 Å². The third-order valence-electron chi connectivity index (χ3n) is 1.23. The van der Waals surface area contributed by atoms with Gasteiger partial charge in [0.25, 0.3) is 0 Å². The first-order chi connectivity index (χ1) is 4.43. The molecule has 0 aromatic rings. The normalized spacial score (nSPS) is 28.3. The Balaban J connectivity index is 2.08. The van der Waals surface area contributed by atoms with E-state index >= 15 is 0 Å². The maximum Gasteiger partial charge on any atom is 0.209 e. The lowest BCUT2D eigenvalue weighted by molar-refractivity contribution is -0.0973. The molecule has 1 aliphatic rings. The molecule has 0 saturated carbocycles. The van der Waals surface area contributed by atoms with Crippen molar-refractivity contribution in [3.05, 3.63) is 6.79 Å². The molecule has 0 N–H and O–H groups in total. The molecule has 1 fully saturated rings. The molecule has 1 radical (unpaired) electrons. The molecule has 0 spiro atoms. The zero-order chi connectivity index (χ0) is 6.53. The van der Waals surface area contributed by atoms with Crippen molar-refractivity contribution in [2.75, 3.05) is 20.3 Å². The third-order valence-corrected chi connectivity index (χ3v) is 1.23. The molecule has 1 aliphatic heterocycles. The van der Waals surface area contributed by atoms with E-state index in [0.717, 1.165) is 13.0 Å². The van der Waals surface area contributed by atoms with E-state index in [9.17, 15) is 0 Å². The van der Waals surface area contributed by atoms with Crippen molar-refractivity contribution in [2.45, 2.75) is 12.5 Å². The maximum atomic E-state index is 5.05. The van der Waals surface area contributed by atoms with E-state index in [1.165, 1.54) is 6.79 Å². The summed E-state index contributed by atoms with van der Waals surface area (Å²) >= 11 is 0. The van der Waals surface area contributed by atoms with E-state index in [1.54, 1.807) is 7.11 Å². The van der Waals surface area contributed by atoms with Gasteiger partial charge < -0.3 is 14.2 Å². The van der Waals surface area contributed by atoms with Crippen LogP contribution in [0.15, 0.2) is 0 Å². The highest BCUT2D eigenvalue weighted by Crippen LogP contribution is 2.08. The van der Waals surface area contributed by atoms with Gasteiger partial charge in [-0.3, -0.25) is 0 Å². The van der Waals surface area contributed by atoms with Crippen LogP contribution in [0.25, 0.3) is 0 Å². The number of hydrogen-bond acceptors (Lipinski definition) is 3. The highest BCUT2D eigenvalue weighted by atomic mass is 16.7. The number of ether oxygens (including phenoxy) is 3. The average Bonchev–Trinajstić information content (AvgIpc) is 1.91. The predicted octanol–water partition coefficient (Wildman–Crippen LogP) is 0.558. The summed E-state index contributed by atoms with van der Waals surface area (Å²) in [5, 5.41) is 0. The molecule has 1 saturated heterocycles. The van der Waals surface area contributed by atoms with Crippen LogP contribution in [0, 0.1) is 6.79 Å². The van der Waals surface area contributed by atoms with E-state index in [4.69, 9.17) is 14.2 Å². The molecule has 9 heavy (non-hydrogen) atoms. The van der Waals surface area contributed by atoms with E-state index in [0.29, 0.717) is 6.61 Å². The molecule has 1 heterocycles. The highest BCUT2D eigenvalue weighted by Gasteiger charge is 2.13. The monoisotopic (exact) mass is 131 g/mol. The lowest BCUT2D eigenvalue weighted by Gasteiger charge is -2.20. The van der Waals surface area contributed by atoms with Crippen molar-refractivity contribution < 1.29 is 14.2 Å². The van der Waals surface area contributed by atoms with Gasteiger partial charge in [0.2, 0.25) is 6.79 Å². The Morgan fingerprint density at radius 3 is 3.22 bits per heavy atom. The molecular weight excluding hydrogens is 120 g/mol. The zero-order valence-electron chi connectivity index (χ0n) is 5.50. The Morgan fingerprint density at radius 2 is 2.67 bits per heavy atom.